The van der Waals surface area contributed by atoms with Crippen LogP contribution in [0.15, 0.2) is 232 Å². The number of halogens is 2. The Morgan fingerprint density at radius 3 is 0.949 bits per heavy atom. The average molecular weight is 1900 g/mol. The standard InChI is InChI=1S/C21H16N6O4.C17H12ClN3O4.2C13H14N6O2.C11H9NO3.C6H5ClN2O2.C4H5N3.CH4O.H4N2.H2O/c1-21(10-26-18(29)12-4-2-3-5-13(12)19(26)30)25-17(28)15-7-6-14(20(31)27(15)21)24-16-8-9-22-11-23-16;1-17(19-13(22)12-7-6-11(18)16(25)21(12)17)8-20-14(23)9-4-2-3-5-10(9)15(20)24;2*1-13(6-14)18-11(20)9-3-2-8(12(21)19(9)13)17-10-4-5-15-7-16-10;1-7(13)6-12-10(14)8-4-2-3-5-9(8)11(12)15;7-3-1-2-4(5(8)10)9-6(3)11;5-4-1-2-6-3-7-4;2*1-2;/h2-9,11H,10H2,1H3,(H,25,28)(H,22,23,24);2-7H,8H2,1H3,(H,19,22);2*2-5,7H,6,14H2,1H3,(H,18,20)(H,15,16,17);2-5H,6H2,1H3;1-2H,(H2,8,10)(H,9,11);1-3H,(H2,5,6,7);2H,1H3;1-2H2;1H2. The number of rotatable bonds is 15. The van der Waals surface area contributed by atoms with Gasteiger partial charge in [-0.1, -0.05) is 59.6 Å². The van der Waals surface area contributed by atoms with Crippen LogP contribution in [0.1, 0.15) is 149 Å². The molecule has 0 spiro atoms. The zero-order valence-electron chi connectivity index (χ0n) is 72.5. The van der Waals surface area contributed by atoms with Crippen LogP contribution in [0.2, 0.25) is 10.0 Å². The predicted molar refractivity (Wildman–Crippen MR) is 490 cm³/mol. The lowest BCUT2D eigenvalue weighted by atomic mass is 10.1. The minimum absolute atomic E-state index is 0. The van der Waals surface area contributed by atoms with Crippen LogP contribution in [0.3, 0.4) is 0 Å². The molecular weight excluding hydrogens is 1810 g/mol. The molecule has 3 aromatic carbocycles. The maximum Gasteiger partial charge on any atom is 0.276 e. The number of H-pyrrole nitrogens is 1. The summed E-state index contributed by atoms with van der Waals surface area (Å²) >= 11 is 11.3. The second-order valence-electron chi connectivity index (χ2n) is 30.0. The van der Waals surface area contributed by atoms with Gasteiger partial charge in [0, 0.05) is 45.0 Å². The van der Waals surface area contributed by atoms with E-state index in [2.05, 4.69) is 93.8 Å². The van der Waals surface area contributed by atoms with E-state index in [1.807, 2.05) is 0 Å². The number of amides is 11. The van der Waals surface area contributed by atoms with Crippen LogP contribution in [0.25, 0.3) is 0 Å². The molecule has 0 aliphatic carbocycles. The number of pyridine rings is 5. The molecule has 12 aromatic rings. The Morgan fingerprint density at radius 2 is 0.676 bits per heavy atom. The number of nitrogen functional groups attached to an aromatic ring is 1. The Kier molecular flexibility index (Phi) is 31.7. The molecule has 4 unspecified atom stereocenters. The van der Waals surface area contributed by atoms with E-state index in [0.29, 0.717) is 79.4 Å². The number of aromatic nitrogens is 13. The van der Waals surface area contributed by atoms with Crippen molar-refractivity contribution in [3.05, 3.63) is 331 Å². The monoisotopic (exact) mass is 1900 g/mol. The number of hydrazine groups is 1. The topological polar surface area (TPSA) is 731 Å². The Morgan fingerprint density at radius 1 is 0.390 bits per heavy atom. The molecule has 7 aliphatic rings. The maximum atomic E-state index is 13.3. The van der Waals surface area contributed by atoms with Crippen LogP contribution in [0.5, 0.6) is 0 Å². The predicted octanol–water partition coefficient (Wildman–Crippen LogP) is 0.482. The first kappa shape index (κ1) is 101. The van der Waals surface area contributed by atoms with Crippen LogP contribution in [0, 0.1) is 0 Å². The van der Waals surface area contributed by atoms with Gasteiger partial charge in [0.25, 0.3) is 92.8 Å². The number of aliphatic hydroxyl groups excluding tert-OH is 1. The molecule has 11 amide bonds. The SMILES string of the molecule is CC(=O)CN1C(=O)c2ccccc2C1=O.CC1(CN)NC(=O)c2ccc(Nc3ccncn3)c(=O)n21.CC1(CN)NC(=O)c2ccc(Nc3ccncn3)c(=O)n21.CC1(CN2C(=O)c3ccccc3C2=O)NC(=O)c2ccc(Cl)c(=O)n21.CC1(CN2C(=O)c3ccccc3C2=O)NC(=O)c2ccc(Nc3ccncn3)c(=O)n21.CO.NC(=O)c1ccc(Cl)c(=O)[nH]1.NN.Nc1ccncn1.O. The van der Waals surface area contributed by atoms with Gasteiger partial charge in [-0.25, -0.2) is 39.9 Å². The van der Waals surface area contributed by atoms with Crippen molar-refractivity contribution in [1.29, 1.82) is 0 Å². The number of primary amides is 1. The van der Waals surface area contributed by atoms with Gasteiger partial charge in [-0.15, -0.1) is 0 Å². The smallest absolute Gasteiger partial charge is 0.276 e. The fourth-order valence-corrected chi connectivity index (χ4v) is 14.7. The van der Waals surface area contributed by atoms with Crippen LogP contribution in [-0.2, 0) is 27.4 Å². The summed E-state index contributed by atoms with van der Waals surface area (Å²) in [5.74, 6) is 4.85. The number of nitrogens with one attached hydrogen (secondary N) is 8. The van der Waals surface area contributed by atoms with Crippen molar-refractivity contribution in [2.24, 2.45) is 28.9 Å². The van der Waals surface area contributed by atoms with Crippen molar-refractivity contribution < 1.29 is 68.1 Å². The lowest BCUT2D eigenvalue weighted by molar-refractivity contribution is -0.117. The van der Waals surface area contributed by atoms with Crippen molar-refractivity contribution in [3.63, 3.8) is 0 Å². The van der Waals surface area contributed by atoms with Crippen LogP contribution in [-0.4, -0.2) is 199 Å². The van der Waals surface area contributed by atoms with Crippen molar-refractivity contribution in [3.8, 4) is 0 Å². The molecule has 0 saturated heterocycles. The highest BCUT2D eigenvalue weighted by Gasteiger charge is 2.49. The van der Waals surface area contributed by atoms with E-state index in [1.165, 1.54) is 93.1 Å². The molecule has 0 radical (unpaired) electrons. The van der Waals surface area contributed by atoms with Gasteiger partial charge in [-0.2, -0.15) is 0 Å². The molecule has 16 heterocycles. The third kappa shape index (κ3) is 21.0. The van der Waals surface area contributed by atoms with Gasteiger partial charge in [0.1, 0.15) is 133 Å². The van der Waals surface area contributed by atoms with E-state index >= 15 is 0 Å². The van der Waals surface area contributed by atoms with Crippen molar-refractivity contribution >= 4 is 134 Å². The highest BCUT2D eigenvalue weighted by Crippen LogP contribution is 2.33. The summed E-state index contributed by atoms with van der Waals surface area (Å²) in [7, 11) is 1.00. The Hall–Kier alpha value is -17.3. The molecule has 702 valence electrons. The molecule has 0 fully saturated rings. The number of carbonyl (C=O) groups is 12. The van der Waals surface area contributed by atoms with Gasteiger partial charge in [0.2, 0.25) is 0 Å². The number of fused-ring (bicyclic) bond motifs is 7. The Labute approximate surface area is 776 Å². The van der Waals surface area contributed by atoms with Gasteiger partial charge in [0.15, 0.2) is 0 Å². The third-order valence-electron chi connectivity index (χ3n) is 20.7. The molecule has 136 heavy (non-hydrogen) atoms. The summed E-state index contributed by atoms with van der Waals surface area (Å²) < 4.78 is 5.21. The average Bonchev–Trinajstić information content (AvgIpc) is 1.58. The van der Waals surface area contributed by atoms with E-state index in [1.54, 1.807) is 168 Å². The summed E-state index contributed by atoms with van der Waals surface area (Å²) in [6.45, 7) is 7.63. The van der Waals surface area contributed by atoms with E-state index < -0.39 is 80.7 Å². The summed E-state index contributed by atoms with van der Waals surface area (Å²) in [6, 6.07) is 40.8. The fraction of sp³-hybridized carbons (Fsp3) is 0.174. The highest BCUT2D eigenvalue weighted by atomic mass is 35.5. The van der Waals surface area contributed by atoms with E-state index in [9.17, 15) is 81.5 Å². The second kappa shape index (κ2) is 42.7. The molecule has 4 atom stereocenters. The third-order valence-corrected chi connectivity index (χ3v) is 21.3. The first-order valence-electron chi connectivity index (χ1n) is 39.8. The molecule has 9 aromatic heterocycles. The fourth-order valence-electron chi connectivity index (χ4n) is 14.4. The lowest BCUT2D eigenvalue weighted by Gasteiger charge is -2.31. The number of nitrogens with two attached hydrogens (primary N) is 6. The number of aromatic amines is 1. The molecule has 50 heteroatoms. The maximum absolute atomic E-state index is 13.3. The number of anilines is 7. The Balaban J connectivity index is 0.000000168. The normalized spacial score (nSPS) is 17.4. The number of ketones is 1. The summed E-state index contributed by atoms with van der Waals surface area (Å²) in [5, 5.41) is 26.6. The zero-order chi connectivity index (χ0) is 98.3. The number of benzene rings is 3. The summed E-state index contributed by atoms with van der Waals surface area (Å²) in [4.78, 5) is 242. The van der Waals surface area contributed by atoms with Crippen molar-refractivity contribution in [2.75, 3.05) is 61.5 Å². The number of hydrogen-bond donors (Lipinski definition) is 15. The van der Waals surface area contributed by atoms with Gasteiger partial charge in [0.05, 0.1) is 53.0 Å². The molecule has 0 saturated carbocycles. The second-order valence-corrected chi connectivity index (χ2v) is 30.8. The first-order chi connectivity index (χ1) is 64.4. The number of imide groups is 3. The van der Waals surface area contributed by atoms with Crippen LogP contribution < -0.4 is 99.6 Å². The van der Waals surface area contributed by atoms with Gasteiger partial charge < -0.3 is 75.7 Å². The summed E-state index contributed by atoms with van der Waals surface area (Å²) in [5.41, 5.74) is 18.5. The van der Waals surface area contributed by atoms with Gasteiger partial charge in [-0.05, 0) is 156 Å². The molecule has 0 bridgehead atoms. The lowest BCUT2D eigenvalue weighted by Crippen LogP contribution is -2.54. The number of Topliss-reactive ketones (excluding diaryl/α,β-unsaturated/α-hetero) is 1. The first-order valence-corrected chi connectivity index (χ1v) is 40.5. The molecule has 23 N–H and O–H groups in total. The minimum atomic E-state index is -1.32. The molecular formula is C86H85Cl2N29O19. The Bertz CT molecular complexity index is 6780. The largest absolute Gasteiger partial charge is 0.412 e. The quantitative estimate of drug-likeness (QED) is 0.0377. The molecule has 19 rings (SSSR count). The number of nitrogens with zero attached hydrogens (tertiary/aromatic N) is 15. The number of carbonyl (C=O) groups excluding carboxylic acids is 12. The minimum Gasteiger partial charge on any atom is -0.412 e. The summed E-state index contributed by atoms with van der Waals surface area (Å²) in [6.07, 6.45) is 11.8. The van der Waals surface area contributed by atoms with E-state index in [-0.39, 0.29) is 112 Å². The van der Waals surface area contributed by atoms with E-state index in [0.717, 1.165) is 21.8 Å². The van der Waals surface area contributed by atoms with Crippen LogP contribution in [0.4, 0.5) is 40.3 Å². The number of aliphatic hydroxyl groups is 1. The van der Waals surface area contributed by atoms with Gasteiger partial charge in [-0.3, -0.25) is 126 Å². The number of hydrogen-bond acceptors (Lipinski definition) is 34. The van der Waals surface area contributed by atoms with Gasteiger partial charge >= 0.3 is 0 Å². The zero-order valence-corrected chi connectivity index (χ0v) is 74.0. The molecule has 48 nitrogen and oxygen atoms in total. The van der Waals surface area contributed by atoms with E-state index in [4.69, 9.17) is 51.2 Å². The van der Waals surface area contributed by atoms with Crippen molar-refractivity contribution in [2.45, 2.75) is 57.3 Å². The highest BCUT2D eigenvalue weighted by molar-refractivity contribution is 6.31. The molecule has 7 aliphatic heterocycles. The van der Waals surface area contributed by atoms with Crippen LogP contribution >= 0.6 is 23.2 Å². The van der Waals surface area contributed by atoms with Crippen molar-refractivity contribution in [1.82, 2.24) is 99.1 Å².